The lowest BCUT2D eigenvalue weighted by Crippen LogP contribution is -2.46. The van der Waals surface area contributed by atoms with Crippen molar-refractivity contribution in [2.45, 2.75) is 77.7 Å². The molecule has 0 unspecified atom stereocenters. The Labute approximate surface area is 147 Å². The fourth-order valence-electron chi connectivity index (χ4n) is 1.72. The number of methoxy groups -OCH3 is 1. The minimum Gasteiger partial charge on any atom is -0.467 e. The number of ether oxygens (including phenoxy) is 1. The van der Waals surface area contributed by atoms with E-state index in [2.05, 4.69) is 50.6 Å². The molecule has 138 valence electrons. The Morgan fingerprint density at radius 2 is 1.79 bits per heavy atom. The molecule has 2 N–H and O–H groups in total. The number of carbonyl (C=O) groups is 2. The molecule has 24 heavy (non-hydrogen) atoms. The van der Waals surface area contributed by atoms with Crippen molar-refractivity contribution in [2.24, 2.45) is 5.92 Å². The highest BCUT2D eigenvalue weighted by Gasteiger charge is 2.33. The highest BCUT2D eigenvalue weighted by molar-refractivity contribution is 6.87. The molecule has 0 rings (SSSR count). The molecule has 6 heteroatoms. The summed E-state index contributed by atoms with van der Waals surface area (Å²) in [5.74, 6) is 2.12. The zero-order chi connectivity index (χ0) is 19.1. The fraction of sp³-hybridized carbons (Fsp3) is 0.778. The van der Waals surface area contributed by atoms with Gasteiger partial charge >= 0.3 is 5.97 Å². The van der Waals surface area contributed by atoms with Crippen LogP contribution in [-0.2, 0) is 14.3 Å². The minimum absolute atomic E-state index is 0.122. The van der Waals surface area contributed by atoms with E-state index in [1.54, 1.807) is 0 Å². The lowest BCUT2D eigenvalue weighted by atomic mass is 10.1. The van der Waals surface area contributed by atoms with E-state index in [-0.39, 0.29) is 17.4 Å². The highest BCUT2D eigenvalue weighted by Crippen LogP contribution is 2.35. The summed E-state index contributed by atoms with van der Waals surface area (Å²) in [5, 5.41) is 12.5. The van der Waals surface area contributed by atoms with Crippen molar-refractivity contribution in [3.05, 3.63) is 0 Å². The van der Waals surface area contributed by atoms with Crippen molar-refractivity contribution in [3.8, 4) is 11.5 Å². The van der Waals surface area contributed by atoms with E-state index in [1.807, 2.05) is 13.8 Å². The molecule has 0 spiro atoms. The second-order valence-corrected chi connectivity index (χ2v) is 13.1. The number of rotatable bonds is 6. The first kappa shape index (κ1) is 22.7. The smallest absolute Gasteiger partial charge is 0.329 e. The SMILES string of the molecule is COC(=O)[C@H](CC#C[Si](C)(C)C(C)(C)C)NC(=O)[C@@H](O)CC(C)C. The van der Waals surface area contributed by atoms with Crippen molar-refractivity contribution in [1.29, 1.82) is 0 Å². The van der Waals surface area contributed by atoms with Gasteiger partial charge in [-0.2, -0.15) is 0 Å². The summed E-state index contributed by atoms with van der Waals surface area (Å²) in [6.07, 6.45) is -0.611. The molecule has 0 saturated carbocycles. The molecule has 0 bridgehead atoms. The topological polar surface area (TPSA) is 75.6 Å². The molecular weight excluding hydrogens is 322 g/mol. The lowest BCUT2D eigenvalue weighted by Gasteiger charge is -2.31. The number of hydrogen-bond acceptors (Lipinski definition) is 4. The molecule has 1 amide bonds. The van der Waals surface area contributed by atoms with E-state index >= 15 is 0 Å². The number of hydrogen-bond donors (Lipinski definition) is 2. The zero-order valence-electron chi connectivity index (χ0n) is 16.3. The summed E-state index contributed by atoms with van der Waals surface area (Å²) in [6.45, 7) is 14.7. The Hall–Kier alpha value is -1.32. The third-order valence-electron chi connectivity index (χ3n) is 4.38. The van der Waals surface area contributed by atoms with Crippen molar-refractivity contribution >= 4 is 20.0 Å². The van der Waals surface area contributed by atoms with Gasteiger partial charge in [0.1, 0.15) is 20.2 Å². The average Bonchev–Trinajstić information content (AvgIpc) is 2.43. The van der Waals surface area contributed by atoms with Gasteiger partial charge in [0.15, 0.2) is 0 Å². The van der Waals surface area contributed by atoms with Crippen molar-refractivity contribution in [3.63, 3.8) is 0 Å². The summed E-state index contributed by atoms with van der Waals surface area (Å²) in [5.41, 5.74) is 3.31. The summed E-state index contributed by atoms with van der Waals surface area (Å²) in [6, 6.07) is -0.860. The minimum atomic E-state index is -1.78. The Balaban J connectivity index is 5.01. The standard InChI is InChI=1S/C18H33NO4Si/c1-13(2)12-15(20)16(21)19-14(17(22)23-6)10-9-11-24(7,8)18(3,4)5/h13-15,20H,10,12H2,1-8H3,(H,19,21)/t14-,15-/m0/s1. The van der Waals surface area contributed by atoms with Gasteiger partial charge in [-0.25, -0.2) is 4.79 Å². The predicted molar refractivity (Wildman–Crippen MR) is 99.0 cm³/mol. The monoisotopic (exact) mass is 355 g/mol. The molecule has 2 atom stereocenters. The van der Waals surface area contributed by atoms with Crippen LogP contribution in [0, 0.1) is 17.4 Å². The van der Waals surface area contributed by atoms with Gasteiger partial charge < -0.3 is 15.2 Å². The van der Waals surface area contributed by atoms with E-state index in [9.17, 15) is 14.7 Å². The maximum absolute atomic E-state index is 12.0. The van der Waals surface area contributed by atoms with E-state index < -0.39 is 32.1 Å². The molecule has 0 saturated heterocycles. The molecule has 0 heterocycles. The Morgan fingerprint density at radius 1 is 1.25 bits per heavy atom. The van der Waals surface area contributed by atoms with Gasteiger partial charge in [-0.15, -0.1) is 11.5 Å². The van der Waals surface area contributed by atoms with Crippen LogP contribution in [0.3, 0.4) is 0 Å². The molecular formula is C18H33NO4Si. The number of aliphatic hydroxyl groups is 1. The normalized spacial score (nSPS) is 14.4. The van der Waals surface area contributed by atoms with E-state index in [4.69, 9.17) is 4.74 Å². The van der Waals surface area contributed by atoms with Crippen molar-refractivity contribution < 1.29 is 19.4 Å². The van der Waals surface area contributed by atoms with Gasteiger partial charge in [0.05, 0.1) is 7.11 Å². The predicted octanol–water partition coefficient (Wildman–Crippen LogP) is 2.49. The Morgan fingerprint density at radius 3 is 2.21 bits per heavy atom. The van der Waals surface area contributed by atoms with E-state index in [0.29, 0.717) is 6.42 Å². The maximum Gasteiger partial charge on any atom is 0.329 e. The third kappa shape index (κ3) is 7.50. The molecule has 0 aromatic heterocycles. The first-order valence-corrected chi connectivity index (χ1v) is 11.4. The van der Waals surface area contributed by atoms with Crippen LogP contribution in [0.1, 0.15) is 47.5 Å². The molecule has 0 aliphatic rings. The summed E-state index contributed by atoms with van der Waals surface area (Å²) >= 11 is 0. The first-order chi connectivity index (χ1) is 10.8. The van der Waals surface area contributed by atoms with Crippen LogP contribution >= 0.6 is 0 Å². The number of nitrogens with one attached hydrogen (secondary N) is 1. The molecule has 0 aliphatic carbocycles. The molecule has 0 aromatic rings. The number of amides is 1. The van der Waals surface area contributed by atoms with Crippen LogP contribution in [0.15, 0.2) is 0 Å². The van der Waals surface area contributed by atoms with Gasteiger partial charge in [0.2, 0.25) is 5.91 Å². The van der Waals surface area contributed by atoms with Gasteiger partial charge in [0.25, 0.3) is 0 Å². The van der Waals surface area contributed by atoms with Crippen LogP contribution in [0.2, 0.25) is 18.1 Å². The maximum atomic E-state index is 12.0. The van der Waals surface area contributed by atoms with Crippen LogP contribution in [0.25, 0.3) is 0 Å². The molecule has 5 nitrogen and oxygen atoms in total. The summed E-state index contributed by atoms with van der Waals surface area (Å²) < 4.78 is 4.73. The average molecular weight is 356 g/mol. The summed E-state index contributed by atoms with van der Waals surface area (Å²) in [4.78, 5) is 23.9. The van der Waals surface area contributed by atoms with Gasteiger partial charge in [-0.05, 0) is 17.4 Å². The molecule has 0 aliphatic heterocycles. The largest absolute Gasteiger partial charge is 0.467 e. The van der Waals surface area contributed by atoms with E-state index in [1.165, 1.54) is 7.11 Å². The summed E-state index contributed by atoms with van der Waals surface area (Å²) in [7, 11) is -0.504. The lowest BCUT2D eigenvalue weighted by molar-refractivity contribution is -0.146. The van der Waals surface area contributed by atoms with Gasteiger partial charge in [0, 0.05) is 6.42 Å². The number of esters is 1. The quantitative estimate of drug-likeness (QED) is 0.436. The molecule has 0 fully saturated rings. The fourth-order valence-corrected chi connectivity index (χ4v) is 2.64. The Bertz CT molecular complexity index is 497. The van der Waals surface area contributed by atoms with Crippen LogP contribution in [0.5, 0.6) is 0 Å². The number of aliphatic hydroxyl groups excluding tert-OH is 1. The van der Waals surface area contributed by atoms with Crippen LogP contribution < -0.4 is 5.32 Å². The van der Waals surface area contributed by atoms with Crippen LogP contribution in [0.4, 0.5) is 0 Å². The highest BCUT2D eigenvalue weighted by atomic mass is 28.3. The van der Waals surface area contributed by atoms with Crippen molar-refractivity contribution in [2.75, 3.05) is 7.11 Å². The first-order valence-electron chi connectivity index (χ1n) is 8.38. The second kappa shape index (κ2) is 9.24. The zero-order valence-corrected chi connectivity index (χ0v) is 17.3. The third-order valence-corrected chi connectivity index (χ3v) is 8.93. The van der Waals surface area contributed by atoms with Crippen LogP contribution in [-0.4, -0.2) is 44.3 Å². The van der Waals surface area contributed by atoms with Gasteiger partial charge in [-0.1, -0.05) is 47.7 Å². The van der Waals surface area contributed by atoms with Gasteiger partial charge in [-0.3, -0.25) is 4.79 Å². The van der Waals surface area contributed by atoms with Crippen molar-refractivity contribution in [1.82, 2.24) is 5.32 Å². The molecule has 0 aromatic carbocycles. The Kier molecular flexibility index (Phi) is 8.73. The number of carbonyl (C=O) groups excluding carboxylic acids is 2. The second-order valence-electron chi connectivity index (χ2n) is 8.11. The van der Waals surface area contributed by atoms with E-state index in [0.717, 1.165) is 0 Å². The molecule has 0 radical (unpaired) electrons.